The van der Waals surface area contributed by atoms with Gasteiger partial charge in [0.05, 0.1) is 19.1 Å². The smallest absolute Gasteiger partial charge is 0.318 e. The van der Waals surface area contributed by atoms with Crippen molar-refractivity contribution < 1.29 is 24.2 Å². The zero-order valence-electron chi connectivity index (χ0n) is 25.1. The topological polar surface area (TPSA) is 128 Å². The minimum Gasteiger partial charge on any atom is -0.497 e. The number of aromatic amines is 1. The number of urea groups is 1. The number of piperidine rings is 1. The van der Waals surface area contributed by atoms with Crippen molar-refractivity contribution in [3.63, 3.8) is 0 Å². The van der Waals surface area contributed by atoms with Crippen molar-refractivity contribution in [3.8, 4) is 5.75 Å². The zero-order valence-corrected chi connectivity index (χ0v) is 25.1. The molecule has 1 aromatic heterocycles. The van der Waals surface area contributed by atoms with Gasteiger partial charge in [0, 0.05) is 51.6 Å². The van der Waals surface area contributed by atoms with Crippen molar-refractivity contribution in [3.05, 3.63) is 48.0 Å². The van der Waals surface area contributed by atoms with E-state index in [1.54, 1.807) is 18.3 Å². The number of carbonyl (C=O) groups excluding carboxylic acids is 2. The summed E-state index contributed by atoms with van der Waals surface area (Å²) in [5.74, 6) is 0.416. The van der Waals surface area contributed by atoms with Crippen LogP contribution in [-0.4, -0.2) is 82.1 Å². The van der Waals surface area contributed by atoms with E-state index in [-0.39, 0.29) is 23.8 Å². The van der Waals surface area contributed by atoms with E-state index in [1.807, 2.05) is 42.3 Å². The van der Waals surface area contributed by atoms with E-state index < -0.39 is 12.0 Å². The molecular weight excluding hydrogens is 534 g/mol. The molecule has 2 heterocycles. The number of aliphatic carboxylic acids is 1. The number of aromatic nitrogens is 2. The summed E-state index contributed by atoms with van der Waals surface area (Å²) in [4.78, 5) is 49.8. The fourth-order valence-corrected chi connectivity index (χ4v) is 6.84. The first kappa shape index (κ1) is 31.4. The number of hydrogen-bond donors (Lipinski definition) is 3. The number of nitrogens with zero attached hydrogens (tertiary/aromatic N) is 3. The van der Waals surface area contributed by atoms with Gasteiger partial charge in [0.15, 0.2) is 0 Å². The van der Waals surface area contributed by atoms with Crippen LogP contribution in [0.25, 0.3) is 0 Å². The molecule has 42 heavy (non-hydrogen) atoms. The summed E-state index contributed by atoms with van der Waals surface area (Å²) in [6.45, 7) is 4.10. The summed E-state index contributed by atoms with van der Waals surface area (Å²) in [6, 6.07) is 6.60. The van der Waals surface area contributed by atoms with Gasteiger partial charge in [-0.3, -0.25) is 9.59 Å². The standard InChI is InChI=1S/C32H47N5O5/c1-3-36(18-14-26-22-33-23-34-26)31(41)35-28(21-24-9-11-27(42-2)12-10-24)30(40)37-19-16-32(17-20-37,15-13-29(38)39)25-7-5-4-6-8-25/h9-12,22-23,25,28H,3-8,13-21H2,1-2H3,(H,33,34)(H,35,41)(H,38,39). The Bertz CT molecular complexity index is 1140. The van der Waals surface area contributed by atoms with Crippen molar-refractivity contribution in [2.45, 2.75) is 83.6 Å². The lowest BCUT2D eigenvalue weighted by atomic mass is 9.61. The number of likely N-dealkylation sites (tertiary alicyclic amines) is 1. The molecule has 1 aromatic carbocycles. The average molecular weight is 582 g/mol. The predicted molar refractivity (Wildman–Crippen MR) is 160 cm³/mol. The highest BCUT2D eigenvalue weighted by Gasteiger charge is 2.43. The molecule has 1 aliphatic heterocycles. The molecule has 0 bridgehead atoms. The lowest BCUT2D eigenvalue weighted by molar-refractivity contribution is -0.141. The number of nitrogens with one attached hydrogen (secondary N) is 2. The summed E-state index contributed by atoms with van der Waals surface area (Å²) in [5.41, 5.74) is 1.78. The quantitative estimate of drug-likeness (QED) is 0.316. The first-order chi connectivity index (χ1) is 20.3. The first-order valence-electron chi connectivity index (χ1n) is 15.5. The highest BCUT2D eigenvalue weighted by atomic mass is 16.5. The Morgan fingerprint density at radius 3 is 2.48 bits per heavy atom. The predicted octanol–water partition coefficient (Wildman–Crippen LogP) is 4.66. The third-order valence-corrected chi connectivity index (χ3v) is 9.44. The maximum Gasteiger partial charge on any atom is 0.318 e. The fourth-order valence-electron chi connectivity index (χ4n) is 6.84. The van der Waals surface area contributed by atoms with E-state index >= 15 is 0 Å². The van der Waals surface area contributed by atoms with Gasteiger partial charge in [0.2, 0.25) is 5.91 Å². The molecule has 10 heteroatoms. The van der Waals surface area contributed by atoms with Crippen LogP contribution in [0.2, 0.25) is 0 Å². The molecule has 1 saturated carbocycles. The van der Waals surface area contributed by atoms with Crippen molar-refractivity contribution >= 4 is 17.9 Å². The number of likely N-dealkylation sites (N-methyl/N-ethyl adjacent to an activating group) is 1. The number of H-pyrrole nitrogens is 1. The summed E-state index contributed by atoms with van der Waals surface area (Å²) in [7, 11) is 1.62. The second-order valence-electron chi connectivity index (χ2n) is 11.9. The van der Waals surface area contributed by atoms with Gasteiger partial charge in [-0.05, 0) is 68.1 Å². The SMILES string of the molecule is CCN(CCc1c[nH]cn1)C(=O)NC(Cc1ccc(OC)cc1)C(=O)N1CCC(CCC(=O)O)(C2CCCCC2)CC1. The minimum atomic E-state index is -0.751. The van der Waals surface area contributed by atoms with E-state index in [4.69, 9.17) is 4.74 Å². The van der Waals surface area contributed by atoms with E-state index in [1.165, 1.54) is 19.3 Å². The van der Waals surface area contributed by atoms with Gasteiger partial charge in [-0.25, -0.2) is 9.78 Å². The molecule has 1 unspecified atom stereocenters. The number of ether oxygens (including phenoxy) is 1. The number of carboxylic acids is 1. The Labute approximate surface area is 249 Å². The summed E-state index contributed by atoms with van der Waals surface area (Å²) in [5, 5.41) is 12.5. The van der Waals surface area contributed by atoms with Crippen molar-refractivity contribution in [1.82, 2.24) is 25.1 Å². The Balaban J connectivity index is 1.46. The number of methoxy groups -OCH3 is 1. The van der Waals surface area contributed by atoms with Crippen LogP contribution in [0.1, 0.15) is 76.0 Å². The minimum absolute atomic E-state index is 0.0322. The molecule has 2 aliphatic rings. The molecule has 230 valence electrons. The van der Waals surface area contributed by atoms with Crippen molar-refractivity contribution in [1.29, 1.82) is 0 Å². The highest BCUT2D eigenvalue weighted by Crippen LogP contribution is 2.49. The van der Waals surface area contributed by atoms with Gasteiger partial charge in [0.1, 0.15) is 11.8 Å². The summed E-state index contributed by atoms with van der Waals surface area (Å²) in [6.07, 6.45) is 12.8. The second kappa shape index (κ2) is 15.1. The molecule has 0 spiro atoms. The zero-order chi connectivity index (χ0) is 30.0. The van der Waals surface area contributed by atoms with Crippen molar-refractivity contribution in [2.75, 3.05) is 33.3 Å². The normalized spacial score (nSPS) is 17.8. The Kier molecular flexibility index (Phi) is 11.3. The van der Waals surface area contributed by atoms with Crippen LogP contribution >= 0.6 is 0 Å². The number of amides is 3. The van der Waals surface area contributed by atoms with Crippen LogP contribution in [0.4, 0.5) is 4.79 Å². The van der Waals surface area contributed by atoms with Crippen LogP contribution in [-0.2, 0) is 22.4 Å². The Morgan fingerprint density at radius 1 is 1.17 bits per heavy atom. The van der Waals surface area contributed by atoms with Crippen molar-refractivity contribution in [2.24, 2.45) is 11.3 Å². The lowest BCUT2D eigenvalue weighted by Gasteiger charge is -2.48. The van der Waals surface area contributed by atoms with Crippen LogP contribution in [0.15, 0.2) is 36.8 Å². The van der Waals surface area contributed by atoms with Gasteiger partial charge < -0.3 is 29.9 Å². The lowest BCUT2D eigenvalue weighted by Crippen LogP contribution is -2.56. The molecule has 1 saturated heterocycles. The maximum absolute atomic E-state index is 14.0. The second-order valence-corrected chi connectivity index (χ2v) is 11.9. The van der Waals surface area contributed by atoms with E-state index in [0.717, 1.165) is 42.7 Å². The van der Waals surface area contributed by atoms with Crippen LogP contribution in [0.5, 0.6) is 5.75 Å². The third-order valence-electron chi connectivity index (χ3n) is 9.44. The molecular formula is C32H47N5O5. The molecule has 3 N–H and O–H groups in total. The summed E-state index contributed by atoms with van der Waals surface area (Å²) >= 11 is 0. The first-order valence-corrected chi connectivity index (χ1v) is 15.5. The fraction of sp³-hybridized carbons (Fsp3) is 0.625. The van der Waals surface area contributed by atoms with Crippen LogP contribution in [0, 0.1) is 11.3 Å². The molecule has 2 aromatic rings. The van der Waals surface area contributed by atoms with E-state index in [9.17, 15) is 19.5 Å². The number of carbonyl (C=O) groups is 3. The number of benzene rings is 1. The Hall–Kier alpha value is -3.56. The number of carboxylic acid groups (broad SMARTS) is 1. The number of imidazole rings is 1. The molecule has 3 amide bonds. The highest BCUT2D eigenvalue weighted by molar-refractivity contribution is 5.87. The van der Waals surface area contributed by atoms with Gasteiger partial charge in [-0.15, -0.1) is 0 Å². The number of rotatable bonds is 13. The van der Waals surface area contributed by atoms with Gasteiger partial charge >= 0.3 is 12.0 Å². The molecule has 2 fully saturated rings. The Morgan fingerprint density at radius 2 is 1.88 bits per heavy atom. The monoisotopic (exact) mass is 581 g/mol. The van der Waals surface area contributed by atoms with Crippen LogP contribution in [0.3, 0.4) is 0 Å². The molecule has 1 aliphatic carbocycles. The van der Waals surface area contributed by atoms with Gasteiger partial charge in [0.25, 0.3) is 0 Å². The van der Waals surface area contributed by atoms with Crippen LogP contribution < -0.4 is 10.1 Å². The van der Waals surface area contributed by atoms with E-state index in [2.05, 4.69) is 15.3 Å². The number of hydrogen-bond acceptors (Lipinski definition) is 5. The maximum atomic E-state index is 14.0. The van der Waals surface area contributed by atoms with Gasteiger partial charge in [-0.1, -0.05) is 31.4 Å². The van der Waals surface area contributed by atoms with E-state index in [0.29, 0.717) is 51.4 Å². The third kappa shape index (κ3) is 8.26. The molecule has 10 nitrogen and oxygen atoms in total. The summed E-state index contributed by atoms with van der Waals surface area (Å²) < 4.78 is 5.29. The average Bonchev–Trinajstić information content (AvgIpc) is 3.54. The van der Waals surface area contributed by atoms with Gasteiger partial charge in [-0.2, -0.15) is 0 Å². The molecule has 1 atom stereocenters. The molecule has 4 rings (SSSR count). The molecule has 0 radical (unpaired) electrons. The largest absolute Gasteiger partial charge is 0.497 e.